The first-order valence-electron chi connectivity index (χ1n) is 11.9. The monoisotopic (exact) mass is 451 g/mol. The van der Waals surface area contributed by atoms with Crippen molar-refractivity contribution in [3.05, 3.63) is 35.8 Å². The van der Waals surface area contributed by atoms with Crippen LogP contribution in [0, 0.1) is 17.5 Å². The zero-order valence-electron chi connectivity index (χ0n) is 19.9. The van der Waals surface area contributed by atoms with E-state index in [9.17, 15) is 18.3 Å². The van der Waals surface area contributed by atoms with Crippen LogP contribution in [-0.2, 0) is 4.74 Å². The molecule has 0 radical (unpaired) electrons. The van der Waals surface area contributed by atoms with Crippen molar-refractivity contribution >= 4 is 28.7 Å². The van der Waals surface area contributed by atoms with Crippen LogP contribution in [0.4, 0.5) is 30.8 Å². The highest BCUT2D eigenvalue weighted by Gasteiger charge is 2.27. The Morgan fingerprint density at radius 2 is 1.88 bits per heavy atom. The van der Waals surface area contributed by atoms with Crippen molar-refractivity contribution in [2.45, 2.75) is 50.3 Å². The second-order valence-corrected chi connectivity index (χ2v) is 7.89. The Morgan fingerprint density at radius 3 is 2.56 bits per heavy atom. The van der Waals surface area contributed by atoms with Gasteiger partial charge in [0.25, 0.3) is 0 Å². The minimum atomic E-state index is -2.26. The molecule has 3 heterocycles. The number of imidazole rings is 1. The largest absolute Gasteiger partial charge is 0.393 e. The van der Waals surface area contributed by atoms with E-state index in [4.69, 9.17) is 8.85 Å². The Balaban J connectivity index is 1.56. The fourth-order valence-corrected chi connectivity index (χ4v) is 4.00. The topological polar surface area (TPSA) is 97.1 Å². The molecule has 3 N–H and O–H groups in total. The van der Waals surface area contributed by atoms with E-state index in [1.807, 2.05) is 0 Å². The fourth-order valence-electron chi connectivity index (χ4n) is 4.00. The summed E-state index contributed by atoms with van der Waals surface area (Å²) in [5, 5.41) is 15.5. The summed E-state index contributed by atoms with van der Waals surface area (Å²) in [5.74, 6) is -3.32. The van der Waals surface area contributed by atoms with E-state index in [-0.39, 0.29) is 41.8 Å². The Bertz CT molecular complexity index is 1230. The van der Waals surface area contributed by atoms with E-state index in [0.717, 1.165) is 12.8 Å². The summed E-state index contributed by atoms with van der Waals surface area (Å²) in [7, 11) is 0. The van der Waals surface area contributed by atoms with Gasteiger partial charge in [-0.1, -0.05) is 0 Å². The van der Waals surface area contributed by atoms with Gasteiger partial charge in [-0.3, -0.25) is 4.57 Å². The van der Waals surface area contributed by atoms with Crippen LogP contribution in [0.25, 0.3) is 11.2 Å². The lowest BCUT2D eigenvalue weighted by atomic mass is 9.93. The molecule has 5 rings (SSSR count). The van der Waals surface area contributed by atoms with Gasteiger partial charge in [-0.15, -0.1) is 0 Å². The molecule has 1 aromatic carbocycles. The second kappa shape index (κ2) is 8.55. The van der Waals surface area contributed by atoms with Crippen LogP contribution in [-0.4, -0.2) is 49.9 Å². The third-order valence-electron chi connectivity index (χ3n) is 5.64. The Morgan fingerprint density at radius 1 is 1.12 bits per heavy atom. The maximum absolute atomic E-state index is 14.4. The quantitative estimate of drug-likeness (QED) is 0.545. The van der Waals surface area contributed by atoms with Crippen LogP contribution in [0.3, 0.4) is 0 Å². The molecule has 3 aromatic rings. The van der Waals surface area contributed by atoms with Gasteiger partial charge in [0.05, 0.1) is 27.7 Å². The van der Waals surface area contributed by atoms with E-state index in [1.54, 1.807) is 0 Å². The van der Waals surface area contributed by atoms with Gasteiger partial charge in [-0.25, -0.2) is 23.1 Å². The number of halogens is 3. The highest BCUT2D eigenvalue weighted by molar-refractivity contribution is 5.76. The molecule has 1 saturated carbocycles. The molecule has 2 aliphatic rings. The minimum Gasteiger partial charge on any atom is -0.393 e. The number of nitrogens with zero attached hydrogens (tertiary/aromatic N) is 4. The predicted molar refractivity (Wildman–Crippen MR) is 111 cm³/mol. The smallest absolute Gasteiger partial charge is 0.224 e. The number of hydrogen-bond acceptors (Lipinski definition) is 7. The van der Waals surface area contributed by atoms with E-state index in [0.29, 0.717) is 25.0 Å². The number of fused-ring (bicyclic) bond motifs is 1. The number of ether oxygens (including phenoxy) is 1. The van der Waals surface area contributed by atoms with E-state index < -0.39 is 42.1 Å². The van der Waals surface area contributed by atoms with E-state index >= 15 is 0 Å². The van der Waals surface area contributed by atoms with Crippen LogP contribution in [0.5, 0.6) is 0 Å². The molecule has 1 aliphatic heterocycles. The highest BCUT2D eigenvalue weighted by atomic mass is 19.1. The van der Waals surface area contributed by atoms with Gasteiger partial charge in [-0.05, 0) is 32.1 Å². The normalized spacial score (nSPS) is 28.8. The molecule has 1 aliphatic carbocycles. The molecular weight excluding hydrogens is 425 g/mol. The maximum Gasteiger partial charge on any atom is 0.224 e. The molecular formula is C21H23F3N6O2. The van der Waals surface area contributed by atoms with Crippen molar-refractivity contribution in [3.63, 3.8) is 0 Å². The number of aromatic nitrogens is 4. The average Bonchev–Trinajstić information content (AvgIpc) is 3.27. The predicted octanol–water partition coefficient (Wildman–Crippen LogP) is 3.66. The van der Waals surface area contributed by atoms with Crippen molar-refractivity contribution in [2.75, 3.05) is 23.8 Å². The van der Waals surface area contributed by atoms with Crippen LogP contribution in [0.2, 0.25) is 0 Å². The number of aliphatic hydroxyl groups is 1. The number of anilines is 3. The van der Waals surface area contributed by atoms with Crippen LogP contribution < -0.4 is 10.6 Å². The Kier molecular flexibility index (Phi) is 4.71. The number of rotatable bonds is 5. The minimum absolute atomic E-state index is 0.0418. The van der Waals surface area contributed by atoms with Crippen LogP contribution >= 0.6 is 0 Å². The van der Waals surface area contributed by atoms with Gasteiger partial charge in [0.1, 0.15) is 17.0 Å². The van der Waals surface area contributed by atoms with Crippen molar-refractivity contribution in [1.82, 2.24) is 19.5 Å². The zero-order valence-corrected chi connectivity index (χ0v) is 16.9. The second-order valence-electron chi connectivity index (χ2n) is 7.89. The van der Waals surface area contributed by atoms with Crippen molar-refractivity contribution in [1.29, 1.82) is 0 Å². The van der Waals surface area contributed by atoms with E-state index in [2.05, 4.69) is 25.6 Å². The summed E-state index contributed by atoms with van der Waals surface area (Å²) in [6.45, 7) is -2.47. The first-order chi connectivity index (χ1) is 16.6. The third-order valence-corrected chi connectivity index (χ3v) is 5.64. The van der Waals surface area contributed by atoms with Crippen LogP contribution in [0.15, 0.2) is 18.3 Å². The van der Waals surface area contributed by atoms with Crippen LogP contribution in [0.1, 0.15) is 42.2 Å². The Hall–Kier alpha value is -2.92. The maximum atomic E-state index is 14.4. The summed E-state index contributed by atoms with van der Waals surface area (Å²) >= 11 is 0. The number of benzene rings is 1. The average molecular weight is 451 g/mol. The summed E-state index contributed by atoms with van der Waals surface area (Å²) in [4.78, 5) is 13.1. The molecule has 32 heavy (non-hydrogen) atoms. The van der Waals surface area contributed by atoms with Gasteiger partial charge < -0.3 is 20.5 Å². The molecule has 2 aromatic heterocycles. The summed E-state index contributed by atoms with van der Waals surface area (Å²) < 4.78 is 72.8. The summed E-state index contributed by atoms with van der Waals surface area (Å²) in [6.07, 6.45) is 2.43. The van der Waals surface area contributed by atoms with Gasteiger partial charge in [0, 0.05) is 26.1 Å². The van der Waals surface area contributed by atoms with Crippen molar-refractivity contribution in [3.8, 4) is 0 Å². The number of nitrogens with one attached hydrogen (secondary N) is 2. The molecule has 0 bridgehead atoms. The Labute approximate surface area is 186 Å². The zero-order chi connectivity index (χ0) is 24.9. The number of aliphatic hydroxyl groups excluding tert-OH is 1. The first-order valence-corrected chi connectivity index (χ1v) is 10.3. The third kappa shape index (κ3) is 4.09. The van der Waals surface area contributed by atoms with Gasteiger partial charge in [-0.2, -0.15) is 4.98 Å². The lowest BCUT2D eigenvalue weighted by molar-refractivity contribution is 0.126. The summed E-state index contributed by atoms with van der Waals surface area (Å²) in [6, 6.07) is 0.148. The lowest BCUT2D eigenvalue weighted by Crippen LogP contribution is -2.29. The number of hydrogen-bond donors (Lipinski definition) is 3. The molecule has 2 atom stereocenters. The lowest BCUT2D eigenvalue weighted by Gasteiger charge is -2.26. The summed E-state index contributed by atoms with van der Waals surface area (Å²) in [5.41, 5.74) is -0.217. The standard InChI is InChI=1S/C21H23F3N6O2/c22-11-7-15(23)18(16(24)8-11)28-21-27-17-9-25-20(26-12-1-3-14(31)4-2-12)29-19(17)30(21)13-5-6-32-10-13/h7-9,12-14,31H,1-6,10H2,(H,27,28)(H,25,26,29)/i5D,6D2. The van der Waals surface area contributed by atoms with Gasteiger partial charge in [0.2, 0.25) is 11.9 Å². The molecule has 0 spiro atoms. The van der Waals surface area contributed by atoms with Gasteiger partial charge >= 0.3 is 0 Å². The van der Waals surface area contributed by atoms with Crippen molar-refractivity contribution < 1.29 is 27.1 Å². The molecule has 1 saturated heterocycles. The van der Waals surface area contributed by atoms with E-state index in [1.165, 1.54) is 10.8 Å². The molecule has 11 heteroatoms. The fraction of sp³-hybridized carbons (Fsp3) is 0.476. The van der Waals surface area contributed by atoms with Gasteiger partial charge in [0.15, 0.2) is 17.3 Å². The molecule has 0 amide bonds. The SMILES string of the molecule is [2H]C1C(n2c(Nc3c(F)cc(F)cc3F)nc3cnc(NC4CCC(O)CC4)nc32)COC1([2H])[2H]. The molecule has 2 fully saturated rings. The highest BCUT2D eigenvalue weighted by Crippen LogP contribution is 2.32. The molecule has 2 unspecified atom stereocenters. The molecule has 170 valence electrons. The van der Waals surface area contributed by atoms with Crippen molar-refractivity contribution in [2.24, 2.45) is 0 Å². The first kappa shape index (κ1) is 17.6. The molecule has 8 nitrogen and oxygen atoms in total.